The van der Waals surface area contributed by atoms with E-state index in [0.29, 0.717) is 11.3 Å². The number of halogens is 1. The second-order valence-electron chi connectivity index (χ2n) is 4.67. The van der Waals surface area contributed by atoms with Crippen LogP contribution in [0.1, 0.15) is 23.0 Å². The zero-order chi connectivity index (χ0) is 14.9. The highest BCUT2D eigenvalue weighted by Gasteiger charge is 2.25. The van der Waals surface area contributed by atoms with E-state index in [4.69, 9.17) is 5.73 Å². The minimum Gasteiger partial charge on any atom is -0.368 e. The maximum Gasteiger partial charge on any atom is 0.244 e. The standard InChI is InChI=1S/C14H17FN4O/c1-8-12(9(2)19(3)18-8)13(14(16)20)17-11-7-5-4-6-10(11)15/h4-7,13,17H,1-3H3,(H2,16,20). The smallest absolute Gasteiger partial charge is 0.244 e. The van der Waals surface area contributed by atoms with E-state index in [0.717, 1.165) is 5.69 Å². The summed E-state index contributed by atoms with van der Waals surface area (Å²) in [6.45, 7) is 3.63. The van der Waals surface area contributed by atoms with Crippen LogP contribution in [0.25, 0.3) is 0 Å². The Kier molecular flexibility index (Phi) is 3.74. The SMILES string of the molecule is Cc1nn(C)c(C)c1C(Nc1ccccc1F)C(N)=O. The van der Waals surface area contributed by atoms with Crippen LogP contribution in [0.15, 0.2) is 24.3 Å². The van der Waals surface area contributed by atoms with Crippen LogP contribution in [0.4, 0.5) is 10.1 Å². The number of anilines is 1. The van der Waals surface area contributed by atoms with Crippen molar-refractivity contribution in [3.63, 3.8) is 0 Å². The molecule has 2 aromatic rings. The number of aromatic nitrogens is 2. The fourth-order valence-electron chi connectivity index (χ4n) is 2.23. The number of rotatable bonds is 4. The number of hydrogen-bond donors (Lipinski definition) is 2. The zero-order valence-electron chi connectivity index (χ0n) is 11.6. The monoisotopic (exact) mass is 276 g/mol. The predicted molar refractivity (Wildman–Crippen MR) is 74.6 cm³/mol. The number of benzene rings is 1. The molecule has 1 unspecified atom stereocenters. The summed E-state index contributed by atoms with van der Waals surface area (Å²) in [5.41, 5.74) is 7.88. The number of nitrogens with zero attached hydrogens (tertiary/aromatic N) is 2. The van der Waals surface area contributed by atoms with E-state index in [1.54, 1.807) is 36.9 Å². The van der Waals surface area contributed by atoms with Gasteiger partial charge >= 0.3 is 0 Å². The summed E-state index contributed by atoms with van der Waals surface area (Å²) in [6, 6.07) is 5.34. The molecule has 5 nitrogen and oxygen atoms in total. The van der Waals surface area contributed by atoms with Crippen molar-refractivity contribution in [1.29, 1.82) is 0 Å². The van der Waals surface area contributed by atoms with Gasteiger partial charge < -0.3 is 11.1 Å². The Labute approximate surface area is 116 Å². The van der Waals surface area contributed by atoms with Crippen molar-refractivity contribution >= 4 is 11.6 Å². The van der Waals surface area contributed by atoms with Crippen LogP contribution in [0, 0.1) is 19.7 Å². The van der Waals surface area contributed by atoms with Crippen molar-refractivity contribution in [2.75, 3.05) is 5.32 Å². The Morgan fingerprint density at radius 1 is 1.40 bits per heavy atom. The van der Waals surface area contributed by atoms with Gasteiger partial charge in [0.05, 0.1) is 11.4 Å². The average Bonchev–Trinajstić information content (AvgIpc) is 2.63. The van der Waals surface area contributed by atoms with Gasteiger partial charge in [-0.1, -0.05) is 12.1 Å². The quantitative estimate of drug-likeness (QED) is 0.894. The first-order valence-corrected chi connectivity index (χ1v) is 6.22. The third kappa shape index (κ3) is 2.49. The van der Waals surface area contributed by atoms with Crippen LogP contribution in [0.5, 0.6) is 0 Å². The highest BCUT2D eigenvalue weighted by molar-refractivity contribution is 5.85. The number of para-hydroxylation sites is 1. The molecule has 0 spiro atoms. The van der Waals surface area contributed by atoms with Gasteiger partial charge in [-0.3, -0.25) is 9.48 Å². The molecule has 0 aliphatic rings. The summed E-state index contributed by atoms with van der Waals surface area (Å²) in [5, 5.41) is 7.11. The lowest BCUT2D eigenvalue weighted by Crippen LogP contribution is -2.29. The summed E-state index contributed by atoms with van der Waals surface area (Å²) in [6.07, 6.45) is 0. The molecule has 0 saturated heterocycles. The molecular weight excluding hydrogens is 259 g/mol. The Morgan fingerprint density at radius 3 is 2.55 bits per heavy atom. The summed E-state index contributed by atoms with van der Waals surface area (Å²) in [4.78, 5) is 11.7. The molecule has 106 valence electrons. The molecule has 0 bridgehead atoms. The molecule has 0 radical (unpaired) electrons. The fourth-order valence-corrected chi connectivity index (χ4v) is 2.23. The Morgan fingerprint density at radius 2 is 2.05 bits per heavy atom. The van der Waals surface area contributed by atoms with Gasteiger partial charge in [0.25, 0.3) is 0 Å². The molecule has 0 aliphatic heterocycles. The van der Waals surface area contributed by atoms with Gasteiger partial charge in [0.1, 0.15) is 11.9 Å². The highest BCUT2D eigenvalue weighted by atomic mass is 19.1. The highest BCUT2D eigenvalue weighted by Crippen LogP contribution is 2.26. The minimum atomic E-state index is -0.819. The topological polar surface area (TPSA) is 72.9 Å². The molecule has 0 aliphatic carbocycles. The number of aryl methyl sites for hydroxylation is 2. The van der Waals surface area contributed by atoms with Crippen molar-refractivity contribution in [3.8, 4) is 0 Å². The fraction of sp³-hybridized carbons (Fsp3) is 0.286. The summed E-state index contributed by atoms with van der Waals surface area (Å²) in [5.74, 6) is -1.01. The lowest BCUT2D eigenvalue weighted by atomic mass is 10.0. The van der Waals surface area contributed by atoms with E-state index in [9.17, 15) is 9.18 Å². The molecule has 1 atom stereocenters. The Hall–Kier alpha value is -2.37. The molecule has 1 heterocycles. The first-order chi connectivity index (χ1) is 9.41. The summed E-state index contributed by atoms with van der Waals surface area (Å²) in [7, 11) is 1.78. The van der Waals surface area contributed by atoms with E-state index >= 15 is 0 Å². The molecule has 1 aromatic carbocycles. The Balaban J connectivity index is 2.43. The predicted octanol–water partition coefficient (Wildman–Crippen LogP) is 1.81. The zero-order valence-corrected chi connectivity index (χ0v) is 11.6. The normalized spacial score (nSPS) is 12.2. The first-order valence-electron chi connectivity index (χ1n) is 6.22. The molecule has 0 saturated carbocycles. The lowest BCUT2D eigenvalue weighted by molar-refractivity contribution is -0.118. The van der Waals surface area contributed by atoms with Gasteiger partial charge in [-0.25, -0.2) is 4.39 Å². The van der Waals surface area contributed by atoms with Gasteiger partial charge in [-0.05, 0) is 26.0 Å². The Bertz CT molecular complexity index is 651. The number of nitrogens with two attached hydrogens (primary N) is 1. The van der Waals surface area contributed by atoms with Gasteiger partial charge in [-0.2, -0.15) is 5.10 Å². The van der Waals surface area contributed by atoms with Crippen LogP contribution >= 0.6 is 0 Å². The van der Waals surface area contributed by atoms with E-state index in [1.807, 2.05) is 6.92 Å². The molecular formula is C14H17FN4O. The summed E-state index contributed by atoms with van der Waals surface area (Å²) >= 11 is 0. The van der Waals surface area contributed by atoms with Gasteiger partial charge in [-0.15, -0.1) is 0 Å². The van der Waals surface area contributed by atoms with Crippen molar-refractivity contribution in [3.05, 3.63) is 47.0 Å². The van der Waals surface area contributed by atoms with Crippen molar-refractivity contribution in [2.45, 2.75) is 19.9 Å². The van der Waals surface area contributed by atoms with Crippen molar-refractivity contribution in [1.82, 2.24) is 9.78 Å². The summed E-state index contributed by atoms with van der Waals surface area (Å²) < 4.78 is 15.4. The molecule has 6 heteroatoms. The number of carbonyl (C=O) groups excluding carboxylic acids is 1. The van der Waals surface area contributed by atoms with Gasteiger partial charge in [0.2, 0.25) is 5.91 Å². The second kappa shape index (κ2) is 5.32. The maximum absolute atomic E-state index is 13.7. The van der Waals surface area contributed by atoms with E-state index in [-0.39, 0.29) is 5.69 Å². The maximum atomic E-state index is 13.7. The average molecular weight is 276 g/mol. The number of amides is 1. The van der Waals surface area contributed by atoms with E-state index in [2.05, 4.69) is 10.4 Å². The number of nitrogens with one attached hydrogen (secondary N) is 1. The van der Waals surface area contributed by atoms with Gasteiger partial charge in [0, 0.05) is 18.3 Å². The van der Waals surface area contributed by atoms with E-state index in [1.165, 1.54) is 6.07 Å². The molecule has 1 aromatic heterocycles. The van der Waals surface area contributed by atoms with Crippen LogP contribution < -0.4 is 11.1 Å². The largest absolute Gasteiger partial charge is 0.368 e. The number of carbonyl (C=O) groups is 1. The van der Waals surface area contributed by atoms with Crippen LogP contribution in [-0.2, 0) is 11.8 Å². The third-order valence-electron chi connectivity index (χ3n) is 3.31. The van der Waals surface area contributed by atoms with Crippen LogP contribution in [-0.4, -0.2) is 15.7 Å². The number of hydrogen-bond acceptors (Lipinski definition) is 3. The van der Waals surface area contributed by atoms with E-state index < -0.39 is 17.8 Å². The van der Waals surface area contributed by atoms with Crippen LogP contribution in [0.2, 0.25) is 0 Å². The van der Waals surface area contributed by atoms with Gasteiger partial charge in [0.15, 0.2) is 0 Å². The van der Waals surface area contributed by atoms with Crippen molar-refractivity contribution < 1.29 is 9.18 Å². The molecule has 1 amide bonds. The molecule has 20 heavy (non-hydrogen) atoms. The third-order valence-corrected chi connectivity index (χ3v) is 3.31. The minimum absolute atomic E-state index is 0.235. The number of primary amides is 1. The molecule has 3 N–H and O–H groups in total. The second-order valence-corrected chi connectivity index (χ2v) is 4.67. The molecule has 2 rings (SSSR count). The molecule has 0 fully saturated rings. The first kappa shape index (κ1) is 14.0. The lowest BCUT2D eigenvalue weighted by Gasteiger charge is -2.18. The van der Waals surface area contributed by atoms with Crippen molar-refractivity contribution in [2.24, 2.45) is 12.8 Å². The van der Waals surface area contributed by atoms with Crippen LogP contribution in [0.3, 0.4) is 0 Å².